The summed E-state index contributed by atoms with van der Waals surface area (Å²) in [7, 11) is 3.68. The number of benzene rings is 6. The van der Waals surface area contributed by atoms with Crippen molar-refractivity contribution in [3.63, 3.8) is 0 Å². The van der Waals surface area contributed by atoms with Gasteiger partial charge in [-0.1, -0.05) is 151 Å². The first kappa shape index (κ1) is 42.0. The van der Waals surface area contributed by atoms with E-state index in [9.17, 15) is 0 Å². The number of fused-ring (bicyclic) bond motifs is 2. The van der Waals surface area contributed by atoms with E-state index in [1.54, 1.807) is 0 Å². The molecule has 6 aromatic rings. The normalized spacial score (nSPS) is 12.2. The van der Waals surface area contributed by atoms with Crippen LogP contribution >= 0.6 is 31.9 Å². The van der Waals surface area contributed by atoms with Gasteiger partial charge in [0.1, 0.15) is 11.5 Å². The van der Waals surface area contributed by atoms with Crippen molar-refractivity contribution in [1.82, 2.24) is 0 Å². The summed E-state index contributed by atoms with van der Waals surface area (Å²) in [6, 6.07) is 27.8. The van der Waals surface area contributed by atoms with Gasteiger partial charge in [-0.05, 0) is 138 Å². The maximum absolute atomic E-state index is 6.78. The molecule has 0 saturated carbocycles. The first-order valence-electron chi connectivity index (χ1n) is 20.5. The summed E-state index contributed by atoms with van der Waals surface area (Å²) in [6.45, 7) is 27.7. The van der Waals surface area contributed by atoms with E-state index in [1.807, 2.05) is 14.2 Å². The Bertz CT molecular complexity index is 2200. The van der Waals surface area contributed by atoms with Crippen LogP contribution in [0.5, 0.6) is 11.5 Å². The van der Waals surface area contributed by atoms with Gasteiger partial charge in [0.25, 0.3) is 0 Å². The lowest BCUT2D eigenvalue weighted by molar-refractivity contribution is 0.412. The summed E-state index contributed by atoms with van der Waals surface area (Å²) in [6.07, 6.45) is 0. The zero-order valence-electron chi connectivity index (χ0n) is 36.0. The number of ether oxygens (including phenoxy) is 2. The van der Waals surface area contributed by atoms with E-state index in [0.29, 0.717) is 35.5 Å². The van der Waals surface area contributed by atoms with Gasteiger partial charge < -0.3 is 9.47 Å². The number of rotatable bonds is 11. The van der Waals surface area contributed by atoms with Crippen LogP contribution in [0.25, 0.3) is 54.9 Å². The van der Waals surface area contributed by atoms with Gasteiger partial charge in [-0.2, -0.15) is 0 Å². The van der Waals surface area contributed by atoms with E-state index in [0.717, 1.165) is 64.2 Å². The SMILES string of the molecule is COc1c(-c2c(C(C)C)cc(C(C)C)cc2C(C)C)cc2cc(Br)ccc2c1-c1c(OC)c(-c2c(C(C)C)cc(C(C)C)cc2C(C)C)cc2cc(Br)ccc12. The summed E-state index contributed by atoms with van der Waals surface area (Å²) < 4.78 is 15.6. The Kier molecular flexibility index (Phi) is 12.5. The molecular weight excluding hydrogens is 816 g/mol. The Morgan fingerprint density at radius 2 is 0.679 bits per heavy atom. The quantitative estimate of drug-likeness (QED) is 0.129. The maximum atomic E-state index is 6.78. The average molecular weight is 877 g/mol. The third kappa shape index (κ3) is 7.70. The Morgan fingerprint density at radius 1 is 0.375 bits per heavy atom. The molecule has 0 spiro atoms. The topological polar surface area (TPSA) is 18.5 Å². The minimum Gasteiger partial charge on any atom is -0.495 e. The standard InChI is InChI=1S/C52H60Br2O2/c1-27(2)33-21-41(29(5)6)47(42(22-33)30(7)8)45-25-35-19-37(53)15-17-39(35)49(51(45)55-13)50-40-18-16-38(54)20-36(40)26-46(52(50)56-14)48-43(31(9)10)23-34(28(3)4)24-44(48)32(11)12/h15-32H,1-14H3. The van der Waals surface area contributed by atoms with Crippen molar-refractivity contribution in [3.8, 4) is 44.9 Å². The zero-order valence-corrected chi connectivity index (χ0v) is 39.1. The predicted octanol–water partition coefficient (Wildman–Crippen LogP) is 17.3. The van der Waals surface area contributed by atoms with E-state index in [1.165, 1.54) is 44.5 Å². The molecule has 0 amide bonds. The maximum Gasteiger partial charge on any atom is 0.135 e. The molecule has 294 valence electrons. The second-order valence-electron chi connectivity index (χ2n) is 17.5. The van der Waals surface area contributed by atoms with Gasteiger partial charge in [0.15, 0.2) is 0 Å². The average Bonchev–Trinajstić information content (AvgIpc) is 3.14. The highest BCUT2D eigenvalue weighted by atomic mass is 79.9. The molecule has 0 saturated heterocycles. The highest BCUT2D eigenvalue weighted by Crippen LogP contribution is 2.55. The van der Waals surface area contributed by atoms with Crippen LogP contribution in [0.4, 0.5) is 0 Å². The van der Waals surface area contributed by atoms with Crippen LogP contribution in [0.3, 0.4) is 0 Å². The van der Waals surface area contributed by atoms with Crippen LogP contribution in [0.2, 0.25) is 0 Å². The Balaban J connectivity index is 1.90. The molecule has 0 heterocycles. The van der Waals surface area contributed by atoms with Crippen molar-refractivity contribution in [1.29, 1.82) is 0 Å². The lowest BCUT2D eigenvalue weighted by Crippen LogP contribution is -2.06. The third-order valence-corrected chi connectivity index (χ3v) is 12.6. The summed E-state index contributed by atoms with van der Waals surface area (Å²) in [5, 5.41) is 4.53. The summed E-state index contributed by atoms with van der Waals surface area (Å²) in [5.74, 6) is 3.80. The minimum atomic E-state index is 0.307. The van der Waals surface area contributed by atoms with Gasteiger partial charge in [0, 0.05) is 31.2 Å². The highest BCUT2D eigenvalue weighted by Gasteiger charge is 2.30. The van der Waals surface area contributed by atoms with E-state index in [2.05, 4.69) is 188 Å². The van der Waals surface area contributed by atoms with Crippen LogP contribution in [-0.2, 0) is 0 Å². The summed E-state index contributed by atoms with van der Waals surface area (Å²) >= 11 is 7.69. The van der Waals surface area contributed by atoms with Crippen molar-refractivity contribution >= 4 is 53.4 Å². The van der Waals surface area contributed by atoms with Crippen LogP contribution in [0.1, 0.15) is 152 Å². The van der Waals surface area contributed by atoms with Crippen molar-refractivity contribution < 1.29 is 9.47 Å². The van der Waals surface area contributed by atoms with Crippen molar-refractivity contribution in [2.75, 3.05) is 14.2 Å². The smallest absolute Gasteiger partial charge is 0.135 e. The number of hydrogen-bond acceptors (Lipinski definition) is 2. The molecule has 6 rings (SSSR count). The molecule has 0 bridgehead atoms. The van der Waals surface area contributed by atoms with Crippen molar-refractivity contribution in [3.05, 3.63) is 115 Å². The predicted molar refractivity (Wildman–Crippen MR) is 251 cm³/mol. The van der Waals surface area contributed by atoms with Gasteiger partial charge >= 0.3 is 0 Å². The van der Waals surface area contributed by atoms with Gasteiger partial charge in [0.2, 0.25) is 0 Å². The minimum absolute atomic E-state index is 0.307. The van der Waals surface area contributed by atoms with Gasteiger partial charge in [-0.3, -0.25) is 0 Å². The van der Waals surface area contributed by atoms with Crippen molar-refractivity contribution in [2.45, 2.75) is 119 Å². The van der Waals surface area contributed by atoms with Crippen LogP contribution in [-0.4, -0.2) is 14.2 Å². The van der Waals surface area contributed by atoms with E-state index < -0.39 is 0 Å². The molecule has 2 nitrogen and oxygen atoms in total. The molecule has 0 aromatic heterocycles. The lowest BCUT2D eigenvalue weighted by Gasteiger charge is -2.28. The Morgan fingerprint density at radius 3 is 0.929 bits per heavy atom. The molecule has 0 N–H and O–H groups in total. The Hall–Kier alpha value is -3.60. The molecule has 0 radical (unpaired) electrons. The molecule has 0 atom stereocenters. The molecule has 0 aliphatic rings. The first-order valence-corrected chi connectivity index (χ1v) is 22.0. The first-order chi connectivity index (χ1) is 26.5. The number of hydrogen-bond donors (Lipinski definition) is 0. The van der Waals surface area contributed by atoms with Gasteiger partial charge in [0.05, 0.1) is 14.2 Å². The number of methoxy groups -OCH3 is 2. The summed E-state index contributed by atoms with van der Waals surface area (Å²) in [4.78, 5) is 0. The molecule has 6 aromatic carbocycles. The second kappa shape index (κ2) is 16.7. The lowest BCUT2D eigenvalue weighted by atomic mass is 9.78. The monoisotopic (exact) mass is 874 g/mol. The van der Waals surface area contributed by atoms with E-state index in [4.69, 9.17) is 9.47 Å². The van der Waals surface area contributed by atoms with E-state index >= 15 is 0 Å². The van der Waals surface area contributed by atoms with Crippen LogP contribution in [0.15, 0.2) is 81.7 Å². The molecule has 0 unspecified atom stereocenters. The molecule has 0 fully saturated rings. The molecule has 4 heteroatoms. The van der Waals surface area contributed by atoms with Gasteiger partial charge in [-0.15, -0.1) is 0 Å². The zero-order chi connectivity index (χ0) is 40.9. The third-order valence-electron chi connectivity index (χ3n) is 11.6. The largest absolute Gasteiger partial charge is 0.495 e. The highest BCUT2D eigenvalue weighted by molar-refractivity contribution is 9.10. The van der Waals surface area contributed by atoms with Crippen LogP contribution in [0, 0.1) is 0 Å². The molecule has 56 heavy (non-hydrogen) atoms. The molecular formula is C52H60Br2O2. The van der Waals surface area contributed by atoms with Crippen LogP contribution < -0.4 is 9.47 Å². The second-order valence-corrected chi connectivity index (χ2v) is 19.3. The van der Waals surface area contributed by atoms with Crippen molar-refractivity contribution in [2.24, 2.45) is 0 Å². The fraction of sp³-hybridized carbons (Fsp3) is 0.385. The fourth-order valence-electron chi connectivity index (χ4n) is 8.54. The number of halogens is 2. The fourth-order valence-corrected chi connectivity index (χ4v) is 9.30. The molecule has 0 aliphatic carbocycles. The van der Waals surface area contributed by atoms with E-state index in [-0.39, 0.29) is 0 Å². The Labute approximate surface area is 353 Å². The summed E-state index contributed by atoms with van der Waals surface area (Å²) in [5.41, 5.74) is 15.0. The van der Waals surface area contributed by atoms with Gasteiger partial charge in [-0.25, -0.2) is 0 Å². The molecule has 0 aliphatic heterocycles.